The summed E-state index contributed by atoms with van der Waals surface area (Å²) in [6.45, 7) is 0. The smallest absolute Gasteiger partial charge is 0.335 e. The molecule has 0 bridgehead atoms. The summed E-state index contributed by atoms with van der Waals surface area (Å²) in [5.74, 6) is 0.551. The number of rotatable bonds is 7. The van der Waals surface area contributed by atoms with Gasteiger partial charge in [0.15, 0.2) is 0 Å². The van der Waals surface area contributed by atoms with E-state index in [0.717, 1.165) is 34.8 Å². The summed E-state index contributed by atoms with van der Waals surface area (Å²) < 4.78 is 8.34. The summed E-state index contributed by atoms with van der Waals surface area (Å²) in [7, 11) is 2.98. The topological polar surface area (TPSA) is 93.9 Å². The van der Waals surface area contributed by atoms with Crippen molar-refractivity contribution in [2.45, 2.75) is 38.1 Å². The maximum Gasteiger partial charge on any atom is 0.335 e. The van der Waals surface area contributed by atoms with Crippen LogP contribution in [0.2, 0.25) is 0 Å². The van der Waals surface area contributed by atoms with Crippen molar-refractivity contribution in [3.8, 4) is 22.9 Å². The second-order valence-corrected chi connectivity index (χ2v) is 9.21. The highest BCUT2D eigenvalue weighted by Crippen LogP contribution is 2.37. The lowest BCUT2D eigenvalue weighted by Gasteiger charge is -2.25. The molecule has 0 radical (unpaired) electrons. The highest BCUT2D eigenvalue weighted by atomic mass is 16.7. The third-order valence-corrected chi connectivity index (χ3v) is 6.89. The summed E-state index contributed by atoms with van der Waals surface area (Å²) in [4.78, 5) is 34.1. The van der Waals surface area contributed by atoms with E-state index in [-0.39, 0.29) is 11.5 Å². The summed E-state index contributed by atoms with van der Waals surface area (Å²) in [6.07, 6.45) is 5.71. The molecule has 5 rings (SSSR count). The number of carboxylic acids is 1. The van der Waals surface area contributed by atoms with Crippen LogP contribution in [0.5, 0.6) is 11.5 Å². The van der Waals surface area contributed by atoms with Crippen LogP contribution in [0.1, 0.15) is 58.9 Å². The standard InChI is InChI=1S/C29H29N3O5/c1-31(36-2)28(33)23-10-6-7-11-26(23)37-22-15-12-19(13-16-22)27-30-24-18-20(29(34)35)14-17-25(24)32(27)21-8-4-3-5-9-21/h6-7,10-18,21H,3-5,8-9H2,1-2H3,(H,34,35). The van der Waals surface area contributed by atoms with Crippen LogP contribution in [0.4, 0.5) is 0 Å². The monoisotopic (exact) mass is 499 g/mol. The first-order valence-electron chi connectivity index (χ1n) is 12.4. The molecule has 0 spiro atoms. The molecule has 1 amide bonds. The number of benzene rings is 3. The maximum atomic E-state index is 12.6. The first kappa shape index (κ1) is 24.5. The van der Waals surface area contributed by atoms with Crippen molar-refractivity contribution in [2.24, 2.45) is 0 Å². The number of aromatic nitrogens is 2. The lowest BCUT2D eigenvalue weighted by molar-refractivity contribution is -0.0758. The van der Waals surface area contributed by atoms with Gasteiger partial charge in [0.05, 0.1) is 29.3 Å². The van der Waals surface area contributed by atoms with Gasteiger partial charge in [0.25, 0.3) is 5.91 Å². The number of hydrogen-bond donors (Lipinski definition) is 1. The van der Waals surface area contributed by atoms with E-state index in [1.807, 2.05) is 36.4 Å². The number of imidazole rings is 1. The zero-order chi connectivity index (χ0) is 25.9. The van der Waals surface area contributed by atoms with Crippen LogP contribution in [-0.2, 0) is 4.84 Å². The number of carbonyl (C=O) groups excluding carboxylic acids is 1. The fourth-order valence-electron chi connectivity index (χ4n) is 4.93. The second-order valence-electron chi connectivity index (χ2n) is 9.21. The average Bonchev–Trinajstić information content (AvgIpc) is 3.32. The summed E-state index contributed by atoms with van der Waals surface area (Å²) in [5, 5.41) is 10.6. The van der Waals surface area contributed by atoms with Gasteiger partial charge in [-0.3, -0.25) is 9.63 Å². The number of ether oxygens (including phenoxy) is 1. The molecule has 1 saturated carbocycles. The van der Waals surface area contributed by atoms with Gasteiger partial charge < -0.3 is 14.4 Å². The number of nitrogens with zero attached hydrogens (tertiary/aromatic N) is 3. The predicted molar refractivity (Wildman–Crippen MR) is 140 cm³/mol. The van der Waals surface area contributed by atoms with Crippen LogP contribution in [0.25, 0.3) is 22.4 Å². The van der Waals surface area contributed by atoms with Gasteiger partial charge in [0, 0.05) is 18.7 Å². The van der Waals surface area contributed by atoms with E-state index < -0.39 is 5.97 Å². The Bertz CT molecular complexity index is 1440. The van der Waals surface area contributed by atoms with Crippen molar-refractivity contribution in [1.82, 2.24) is 14.6 Å². The van der Waals surface area contributed by atoms with E-state index in [4.69, 9.17) is 14.6 Å². The van der Waals surface area contributed by atoms with Gasteiger partial charge in [0.2, 0.25) is 0 Å². The quantitative estimate of drug-likeness (QED) is 0.299. The number of para-hydroxylation sites is 1. The van der Waals surface area contributed by atoms with Gasteiger partial charge in [-0.1, -0.05) is 31.4 Å². The van der Waals surface area contributed by atoms with E-state index in [2.05, 4.69) is 4.57 Å². The SMILES string of the molecule is CON(C)C(=O)c1ccccc1Oc1ccc(-c2nc3cc(C(=O)O)ccc3n2C2CCCCC2)cc1. The number of hydrogen-bond acceptors (Lipinski definition) is 5. The van der Waals surface area contributed by atoms with Crippen molar-refractivity contribution in [1.29, 1.82) is 0 Å². The molecule has 1 aromatic heterocycles. The van der Waals surface area contributed by atoms with Crippen LogP contribution in [0.15, 0.2) is 66.7 Å². The Labute approximate surface area is 215 Å². The lowest BCUT2D eigenvalue weighted by Crippen LogP contribution is -2.25. The third kappa shape index (κ3) is 4.93. The molecule has 8 heteroatoms. The number of fused-ring (bicyclic) bond motifs is 1. The second kappa shape index (κ2) is 10.4. The summed E-state index contributed by atoms with van der Waals surface area (Å²) >= 11 is 0. The Hall–Kier alpha value is -4.17. The Balaban J connectivity index is 1.49. The van der Waals surface area contributed by atoms with Crippen LogP contribution in [-0.4, -0.2) is 45.8 Å². The Morgan fingerprint density at radius 3 is 2.43 bits per heavy atom. The predicted octanol–water partition coefficient (Wildman–Crippen LogP) is 6.33. The summed E-state index contributed by atoms with van der Waals surface area (Å²) in [5.41, 5.74) is 3.15. The fourth-order valence-corrected chi connectivity index (χ4v) is 4.93. The minimum atomic E-state index is -0.965. The van der Waals surface area contributed by atoms with E-state index >= 15 is 0 Å². The molecule has 37 heavy (non-hydrogen) atoms. The molecule has 190 valence electrons. The Morgan fingerprint density at radius 2 is 1.73 bits per heavy atom. The van der Waals surface area contributed by atoms with Crippen LogP contribution in [0.3, 0.4) is 0 Å². The maximum absolute atomic E-state index is 12.6. The van der Waals surface area contributed by atoms with Crippen LogP contribution < -0.4 is 4.74 Å². The molecule has 1 heterocycles. The largest absolute Gasteiger partial charge is 0.478 e. The molecule has 4 aromatic rings. The molecule has 3 aromatic carbocycles. The molecule has 1 fully saturated rings. The molecule has 0 saturated heterocycles. The fraction of sp³-hybridized carbons (Fsp3) is 0.276. The molecule has 0 aliphatic heterocycles. The van der Waals surface area contributed by atoms with E-state index in [1.165, 1.54) is 26.4 Å². The normalized spacial score (nSPS) is 14.0. The van der Waals surface area contributed by atoms with E-state index in [1.54, 1.807) is 37.4 Å². The van der Waals surface area contributed by atoms with Gasteiger partial charge in [-0.25, -0.2) is 14.8 Å². The lowest BCUT2D eigenvalue weighted by atomic mass is 9.95. The minimum Gasteiger partial charge on any atom is -0.478 e. The summed E-state index contributed by atoms with van der Waals surface area (Å²) in [6, 6.07) is 20.1. The minimum absolute atomic E-state index is 0.225. The van der Waals surface area contributed by atoms with Crippen molar-refractivity contribution in [3.63, 3.8) is 0 Å². The average molecular weight is 500 g/mol. The highest BCUT2D eigenvalue weighted by Gasteiger charge is 2.23. The molecule has 0 unspecified atom stereocenters. The third-order valence-electron chi connectivity index (χ3n) is 6.89. The van der Waals surface area contributed by atoms with Gasteiger partial charge in [-0.2, -0.15) is 0 Å². The van der Waals surface area contributed by atoms with Gasteiger partial charge in [-0.15, -0.1) is 0 Å². The molecule has 0 atom stereocenters. The van der Waals surface area contributed by atoms with Gasteiger partial charge in [-0.05, 0) is 67.4 Å². The first-order valence-corrected chi connectivity index (χ1v) is 12.4. The van der Waals surface area contributed by atoms with E-state index in [0.29, 0.717) is 28.6 Å². The van der Waals surface area contributed by atoms with Crippen molar-refractivity contribution in [2.75, 3.05) is 14.2 Å². The van der Waals surface area contributed by atoms with Crippen LogP contribution in [0, 0.1) is 0 Å². The number of aromatic carboxylic acids is 1. The van der Waals surface area contributed by atoms with Crippen molar-refractivity contribution >= 4 is 22.9 Å². The number of carboxylic acid groups (broad SMARTS) is 1. The Kier molecular flexibility index (Phi) is 6.92. The number of carbonyl (C=O) groups is 2. The zero-order valence-electron chi connectivity index (χ0n) is 20.9. The highest BCUT2D eigenvalue weighted by molar-refractivity contribution is 5.96. The molecular weight excluding hydrogens is 470 g/mol. The van der Waals surface area contributed by atoms with Gasteiger partial charge in [0.1, 0.15) is 17.3 Å². The molecule has 1 N–H and O–H groups in total. The zero-order valence-corrected chi connectivity index (χ0v) is 20.9. The molecule has 1 aliphatic carbocycles. The number of hydroxylamine groups is 2. The van der Waals surface area contributed by atoms with Crippen LogP contribution >= 0.6 is 0 Å². The molecule has 8 nitrogen and oxygen atoms in total. The molecular formula is C29H29N3O5. The van der Waals surface area contributed by atoms with E-state index in [9.17, 15) is 14.7 Å². The number of amides is 1. The van der Waals surface area contributed by atoms with Crippen molar-refractivity contribution in [3.05, 3.63) is 77.9 Å². The van der Waals surface area contributed by atoms with Gasteiger partial charge >= 0.3 is 5.97 Å². The Morgan fingerprint density at radius 1 is 1.00 bits per heavy atom. The van der Waals surface area contributed by atoms with Crippen molar-refractivity contribution < 1.29 is 24.3 Å². The molecule has 1 aliphatic rings. The first-order chi connectivity index (χ1) is 18.0.